The van der Waals surface area contributed by atoms with Crippen LogP contribution in [0.3, 0.4) is 0 Å². The van der Waals surface area contributed by atoms with E-state index in [0.717, 1.165) is 0 Å². The fourth-order valence-electron chi connectivity index (χ4n) is 1.12. The second kappa shape index (κ2) is 3.27. The smallest absolute Gasteiger partial charge is 0.147 e. The van der Waals surface area contributed by atoms with E-state index in [1.54, 1.807) is 0 Å². The molecule has 0 unspecified atom stereocenters. The lowest BCUT2D eigenvalue weighted by Crippen LogP contribution is -2.18. The largest absolute Gasteiger partial charge is 0.507 e. The number of phenolic OH excluding ortho intramolecular Hbond substituents is 1. The van der Waals surface area contributed by atoms with E-state index in [9.17, 15) is 14.6 Å². The van der Waals surface area contributed by atoms with Crippen molar-refractivity contribution in [3.63, 3.8) is 0 Å². The molecule has 0 atom stereocenters. The highest BCUT2D eigenvalue weighted by Crippen LogP contribution is 2.34. The van der Waals surface area contributed by atoms with Gasteiger partial charge < -0.3 is 10.2 Å². The van der Waals surface area contributed by atoms with Gasteiger partial charge in [-0.25, -0.2) is 4.39 Å². The molecule has 2 N–H and O–H groups in total. The van der Waals surface area contributed by atoms with Gasteiger partial charge in [-0.2, -0.15) is 0 Å². The number of aromatic hydroxyl groups is 1. The Balaban J connectivity index is 3.43. The van der Waals surface area contributed by atoms with Gasteiger partial charge in [0.15, 0.2) is 0 Å². The van der Waals surface area contributed by atoms with E-state index in [-0.39, 0.29) is 15.8 Å². The zero-order valence-electron chi connectivity index (χ0n) is 7.31. The van der Waals surface area contributed by atoms with Gasteiger partial charge in [0, 0.05) is 0 Å². The van der Waals surface area contributed by atoms with Gasteiger partial charge in [0.2, 0.25) is 0 Å². The Hall–Kier alpha value is -0.610. The molecular formula is C9H10BrFO2. The Bertz CT molecular complexity index is 331. The molecule has 4 heteroatoms. The van der Waals surface area contributed by atoms with Crippen molar-refractivity contribution in [1.82, 2.24) is 0 Å². The average Bonchev–Trinajstić information content (AvgIpc) is 1.95. The minimum absolute atomic E-state index is 0.0955. The molecule has 72 valence electrons. The lowest BCUT2D eigenvalue weighted by atomic mass is 9.97. The first-order valence-corrected chi connectivity index (χ1v) is 4.53. The molecule has 0 aliphatic rings. The second-order valence-corrected chi connectivity index (χ2v) is 4.17. The van der Waals surface area contributed by atoms with Gasteiger partial charge in [-0.1, -0.05) is 0 Å². The standard InChI is InChI=1S/C9H10BrFO2/c1-9(2,13)7-6(12)4-3-5(10)8(7)11/h3-4,12-13H,1-2H3. The Labute approximate surface area is 84.1 Å². The van der Waals surface area contributed by atoms with Gasteiger partial charge >= 0.3 is 0 Å². The SMILES string of the molecule is CC(C)(O)c1c(O)ccc(Br)c1F. The van der Waals surface area contributed by atoms with Crippen LogP contribution in [-0.2, 0) is 5.60 Å². The Morgan fingerprint density at radius 2 is 1.92 bits per heavy atom. The first kappa shape index (κ1) is 10.5. The number of halogens is 2. The third-order valence-corrected chi connectivity index (χ3v) is 2.30. The molecule has 2 nitrogen and oxygen atoms in total. The van der Waals surface area contributed by atoms with Crippen molar-refractivity contribution in [3.05, 3.63) is 28.0 Å². The third-order valence-electron chi connectivity index (χ3n) is 1.68. The van der Waals surface area contributed by atoms with Crippen LogP contribution in [0.15, 0.2) is 16.6 Å². The fraction of sp³-hybridized carbons (Fsp3) is 0.333. The van der Waals surface area contributed by atoms with Crippen molar-refractivity contribution >= 4 is 15.9 Å². The van der Waals surface area contributed by atoms with Crippen molar-refractivity contribution in [2.45, 2.75) is 19.4 Å². The van der Waals surface area contributed by atoms with Crippen LogP contribution in [-0.4, -0.2) is 10.2 Å². The van der Waals surface area contributed by atoms with E-state index in [1.807, 2.05) is 0 Å². The van der Waals surface area contributed by atoms with Crippen LogP contribution in [0.25, 0.3) is 0 Å². The molecule has 1 aromatic rings. The molecule has 0 aliphatic heterocycles. The third kappa shape index (κ3) is 2.00. The van der Waals surface area contributed by atoms with Gasteiger partial charge in [-0.3, -0.25) is 0 Å². The summed E-state index contributed by atoms with van der Waals surface area (Å²) in [7, 11) is 0. The Morgan fingerprint density at radius 3 is 2.31 bits per heavy atom. The predicted octanol–water partition coefficient (Wildman–Crippen LogP) is 2.52. The maximum absolute atomic E-state index is 13.4. The van der Waals surface area contributed by atoms with Gasteiger partial charge in [0.1, 0.15) is 11.6 Å². The monoisotopic (exact) mass is 248 g/mol. The summed E-state index contributed by atoms with van der Waals surface area (Å²) in [5, 5.41) is 18.9. The average molecular weight is 249 g/mol. The maximum atomic E-state index is 13.4. The number of hydrogen-bond donors (Lipinski definition) is 2. The molecular weight excluding hydrogens is 239 g/mol. The summed E-state index contributed by atoms with van der Waals surface area (Å²) >= 11 is 2.98. The van der Waals surface area contributed by atoms with Gasteiger partial charge in [-0.15, -0.1) is 0 Å². The molecule has 1 rings (SSSR count). The zero-order valence-corrected chi connectivity index (χ0v) is 8.89. The normalized spacial score (nSPS) is 11.8. The highest BCUT2D eigenvalue weighted by atomic mass is 79.9. The second-order valence-electron chi connectivity index (χ2n) is 3.31. The van der Waals surface area contributed by atoms with E-state index in [2.05, 4.69) is 15.9 Å². The van der Waals surface area contributed by atoms with Crippen molar-refractivity contribution in [3.8, 4) is 5.75 Å². The Morgan fingerprint density at radius 1 is 1.38 bits per heavy atom. The summed E-state index contributed by atoms with van der Waals surface area (Å²) in [5.41, 5.74) is -1.49. The van der Waals surface area contributed by atoms with E-state index in [0.29, 0.717) is 0 Å². The van der Waals surface area contributed by atoms with Crippen LogP contribution in [0.2, 0.25) is 0 Å². The summed E-state index contributed by atoms with van der Waals surface area (Å²) in [6, 6.07) is 2.72. The number of phenols is 1. The van der Waals surface area contributed by atoms with Crippen LogP contribution in [0.4, 0.5) is 4.39 Å². The number of hydrogen-bond acceptors (Lipinski definition) is 2. The van der Waals surface area contributed by atoms with Crippen LogP contribution in [0.1, 0.15) is 19.4 Å². The Kier molecular flexibility index (Phi) is 2.63. The molecule has 0 fully saturated rings. The maximum Gasteiger partial charge on any atom is 0.147 e. The molecule has 0 aromatic heterocycles. The lowest BCUT2D eigenvalue weighted by Gasteiger charge is -2.20. The highest BCUT2D eigenvalue weighted by molar-refractivity contribution is 9.10. The molecule has 0 aliphatic carbocycles. The van der Waals surface area contributed by atoms with Crippen LogP contribution in [0, 0.1) is 5.82 Å². The fourth-order valence-corrected chi connectivity index (χ4v) is 1.45. The highest BCUT2D eigenvalue weighted by Gasteiger charge is 2.25. The van der Waals surface area contributed by atoms with Gasteiger partial charge in [-0.05, 0) is 41.9 Å². The first-order valence-electron chi connectivity index (χ1n) is 3.74. The molecule has 0 heterocycles. The molecule has 0 amide bonds. The molecule has 0 radical (unpaired) electrons. The van der Waals surface area contributed by atoms with Crippen LogP contribution < -0.4 is 0 Å². The van der Waals surface area contributed by atoms with Crippen molar-refractivity contribution in [1.29, 1.82) is 0 Å². The van der Waals surface area contributed by atoms with Crippen molar-refractivity contribution < 1.29 is 14.6 Å². The predicted molar refractivity (Wildman–Crippen MR) is 51.0 cm³/mol. The van der Waals surface area contributed by atoms with Crippen LogP contribution in [0.5, 0.6) is 5.75 Å². The van der Waals surface area contributed by atoms with Gasteiger partial charge in [0.25, 0.3) is 0 Å². The van der Waals surface area contributed by atoms with E-state index < -0.39 is 11.4 Å². The summed E-state index contributed by atoms with van der Waals surface area (Å²) in [6.45, 7) is 2.83. The number of benzene rings is 1. The van der Waals surface area contributed by atoms with Crippen LogP contribution >= 0.6 is 15.9 Å². The summed E-state index contributed by atoms with van der Waals surface area (Å²) in [6.07, 6.45) is 0. The van der Waals surface area contributed by atoms with Crippen molar-refractivity contribution in [2.24, 2.45) is 0 Å². The number of rotatable bonds is 1. The van der Waals surface area contributed by atoms with Gasteiger partial charge in [0.05, 0.1) is 15.6 Å². The lowest BCUT2D eigenvalue weighted by molar-refractivity contribution is 0.0715. The van der Waals surface area contributed by atoms with E-state index in [1.165, 1.54) is 26.0 Å². The van der Waals surface area contributed by atoms with E-state index >= 15 is 0 Å². The molecule has 1 aromatic carbocycles. The zero-order chi connectivity index (χ0) is 10.2. The molecule has 13 heavy (non-hydrogen) atoms. The van der Waals surface area contributed by atoms with E-state index in [4.69, 9.17) is 0 Å². The topological polar surface area (TPSA) is 40.5 Å². The first-order chi connectivity index (χ1) is 5.84. The summed E-state index contributed by atoms with van der Waals surface area (Å²) < 4.78 is 13.6. The minimum atomic E-state index is -1.39. The molecule has 0 saturated carbocycles. The molecule has 0 bridgehead atoms. The van der Waals surface area contributed by atoms with Crippen molar-refractivity contribution in [2.75, 3.05) is 0 Å². The molecule has 0 saturated heterocycles. The quantitative estimate of drug-likeness (QED) is 0.802. The molecule has 0 spiro atoms. The number of aliphatic hydroxyl groups is 1. The summed E-state index contributed by atoms with van der Waals surface area (Å²) in [5.74, 6) is -0.874. The minimum Gasteiger partial charge on any atom is -0.507 e. The summed E-state index contributed by atoms with van der Waals surface area (Å²) in [4.78, 5) is 0.